The number of allylic oxidation sites excluding steroid dienone is 4. The number of carbonyl (C=O) groups is 2. The summed E-state index contributed by atoms with van der Waals surface area (Å²) in [5, 5.41) is 5.80. The van der Waals surface area contributed by atoms with Gasteiger partial charge in [0.15, 0.2) is 5.78 Å². The third-order valence-corrected chi connectivity index (χ3v) is 7.00. The Kier molecular flexibility index (Phi) is 11.4. The Morgan fingerprint density at radius 2 is 1.91 bits per heavy atom. The highest BCUT2D eigenvalue weighted by Gasteiger charge is 2.27. The maximum atomic E-state index is 15.2. The van der Waals surface area contributed by atoms with Crippen molar-refractivity contribution in [1.29, 1.82) is 0 Å². The minimum absolute atomic E-state index is 0.0283. The van der Waals surface area contributed by atoms with Crippen molar-refractivity contribution in [2.45, 2.75) is 91.6 Å². The third-order valence-electron chi connectivity index (χ3n) is 7.00. The van der Waals surface area contributed by atoms with Crippen LogP contribution in [-0.4, -0.2) is 66.3 Å². The van der Waals surface area contributed by atoms with Gasteiger partial charge in [0, 0.05) is 50.0 Å². The Balaban J connectivity index is 2.01. The summed E-state index contributed by atoms with van der Waals surface area (Å²) in [4.78, 5) is 28.6. The van der Waals surface area contributed by atoms with Crippen molar-refractivity contribution < 1.29 is 14.0 Å². The van der Waals surface area contributed by atoms with Crippen LogP contribution in [0.5, 0.6) is 0 Å². The maximum absolute atomic E-state index is 15.2. The van der Waals surface area contributed by atoms with Crippen LogP contribution >= 0.6 is 0 Å². The first-order valence-electron chi connectivity index (χ1n) is 12.9. The predicted molar refractivity (Wildman–Crippen MR) is 132 cm³/mol. The Morgan fingerprint density at radius 3 is 2.52 bits per heavy atom. The van der Waals surface area contributed by atoms with Crippen molar-refractivity contribution in [3.8, 4) is 0 Å². The minimum Gasteiger partial charge on any atom is -0.377 e. The molecule has 0 aliphatic carbocycles. The molecule has 2 N–H and O–H groups in total. The molecule has 0 aromatic carbocycles. The second-order valence-electron chi connectivity index (χ2n) is 9.68. The van der Waals surface area contributed by atoms with Crippen LogP contribution in [0.25, 0.3) is 0 Å². The lowest BCUT2D eigenvalue weighted by atomic mass is 9.96. The van der Waals surface area contributed by atoms with Gasteiger partial charge in [-0.05, 0) is 51.5 Å². The van der Waals surface area contributed by atoms with E-state index in [0.717, 1.165) is 32.1 Å². The zero-order chi connectivity index (χ0) is 24.4. The van der Waals surface area contributed by atoms with Gasteiger partial charge in [-0.1, -0.05) is 33.6 Å². The van der Waals surface area contributed by atoms with Gasteiger partial charge < -0.3 is 15.5 Å². The fourth-order valence-corrected chi connectivity index (χ4v) is 4.90. The first-order valence-corrected chi connectivity index (χ1v) is 12.9. The van der Waals surface area contributed by atoms with Gasteiger partial charge in [-0.2, -0.15) is 0 Å². The van der Waals surface area contributed by atoms with Crippen molar-refractivity contribution in [1.82, 2.24) is 20.4 Å². The number of hydrogen-bond acceptors (Lipinski definition) is 5. The summed E-state index contributed by atoms with van der Waals surface area (Å²) < 4.78 is 15.2. The number of nitrogens with one attached hydrogen (secondary N) is 2. The van der Waals surface area contributed by atoms with Gasteiger partial charge in [-0.3, -0.25) is 14.5 Å². The van der Waals surface area contributed by atoms with Crippen molar-refractivity contribution >= 4 is 11.7 Å². The van der Waals surface area contributed by atoms with E-state index < -0.39 is 6.04 Å². The molecule has 0 aromatic heterocycles. The first kappa shape index (κ1) is 27.4. The van der Waals surface area contributed by atoms with Crippen molar-refractivity contribution in [3.63, 3.8) is 0 Å². The summed E-state index contributed by atoms with van der Waals surface area (Å²) in [6.07, 6.45) is 7.89. The molecule has 2 saturated heterocycles. The molecule has 0 radical (unpaired) electrons. The van der Waals surface area contributed by atoms with Crippen LogP contribution in [0.4, 0.5) is 4.39 Å². The van der Waals surface area contributed by atoms with Crippen LogP contribution in [-0.2, 0) is 9.59 Å². The average Bonchev–Trinajstić information content (AvgIpc) is 2.95. The molecule has 2 heterocycles. The van der Waals surface area contributed by atoms with Gasteiger partial charge in [0.25, 0.3) is 0 Å². The second-order valence-corrected chi connectivity index (χ2v) is 9.68. The molecule has 2 unspecified atom stereocenters. The smallest absolute Gasteiger partial charge is 0.242 e. The Labute approximate surface area is 200 Å². The summed E-state index contributed by atoms with van der Waals surface area (Å²) in [6.45, 7) is 14.4. The van der Waals surface area contributed by atoms with Gasteiger partial charge in [0.2, 0.25) is 5.91 Å². The van der Waals surface area contributed by atoms with Gasteiger partial charge in [0.1, 0.15) is 11.9 Å². The number of carbonyl (C=O) groups excluding carboxylic acids is 2. The molecule has 2 fully saturated rings. The number of nitrogens with zero attached hydrogens (tertiary/aromatic N) is 2. The SMILES string of the molecule is CCCC(CCC)CN1CCN(/C(C)=C(F)/C=C(\CC)NC2CCC(=O)CNC2=O)CC1C. The second kappa shape index (κ2) is 13.7. The van der Waals surface area contributed by atoms with Crippen LogP contribution in [0.15, 0.2) is 23.3 Å². The number of amides is 1. The van der Waals surface area contributed by atoms with Crippen LogP contribution in [0.3, 0.4) is 0 Å². The number of piperazine rings is 1. The third kappa shape index (κ3) is 8.43. The Hall–Kier alpha value is -1.89. The van der Waals surface area contributed by atoms with E-state index in [9.17, 15) is 9.59 Å². The zero-order valence-corrected chi connectivity index (χ0v) is 21.4. The van der Waals surface area contributed by atoms with Crippen molar-refractivity contribution in [2.75, 3.05) is 32.7 Å². The summed E-state index contributed by atoms with van der Waals surface area (Å²) in [7, 11) is 0. The molecule has 188 valence electrons. The Bertz CT molecular complexity index is 715. The lowest BCUT2D eigenvalue weighted by Gasteiger charge is -2.42. The van der Waals surface area contributed by atoms with E-state index in [1.807, 2.05) is 13.8 Å². The fraction of sp³-hybridized carbons (Fsp3) is 0.769. The van der Waals surface area contributed by atoms with Gasteiger partial charge in [-0.25, -0.2) is 4.39 Å². The monoisotopic (exact) mass is 464 g/mol. The highest BCUT2D eigenvalue weighted by molar-refractivity contribution is 5.91. The van der Waals surface area contributed by atoms with E-state index >= 15 is 4.39 Å². The van der Waals surface area contributed by atoms with Crippen LogP contribution in [0, 0.1) is 5.92 Å². The summed E-state index contributed by atoms with van der Waals surface area (Å²) in [6, 6.07) is -0.115. The molecule has 0 aromatic rings. The fourth-order valence-electron chi connectivity index (χ4n) is 4.90. The average molecular weight is 465 g/mol. The molecule has 6 nitrogen and oxygen atoms in total. The Morgan fingerprint density at radius 1 is 1.21 bits per heavy atom. The topological polar surface area (TPSA) is 64.7 Å². The first-order chi connectivity index (χ1) is 15.8. The summed E-state index contributed by atoms with van der Waals surface area (Å²) in [5.74, 6) is 0.316. The largest absolute Gasteiger partial charge is 0.377 e. The molecular weight excluding hydrogens is 419 g/mol. The minimum atomic E-state index is -0.501. The van der Waals surface area contributed by atoms with Crippen molar-refractivity contribution in [3.05, 3.63) is 23.3 Å². The van der Waals surface area contributed by atoms with Gasteiger partial charge in [-0.15, -0.1) is 0 Å². The molecule has 2 aliphatic rings. The number of halogens is 1. The quantitative estimate of drug-likeness (QED) is 0.450. The van der Waals surface area contributed by atoms with E-state index in [4.69, 9.17) is 0 Å². The van der Waals surface area contributed by atoms with E-state index in [-0.39, 0.29) is 24.1 Å². The van der Waals surface area contributed by atoms with E-state index in [2.05, 4.69) is 41.2 Å². The molecule has 2 rings (SSSR count). The molecule has 0 saturated carbocycles. The summed E-state index contributed by atoms with van der Waals surface area (Å²) >= 11 is 0. The maximum Gasteiger partial charge on any atom is 0.242 e. The van der Waals surface area contributed by atoms with E-state index in [0.29, 0.717) is 36.7 Å². The molecule has 1 amide bonds. The lowest BCUT2D eigenvalue weighted by Crippen LogP contribution is -2.52. The van der Waals surface area contributed by atoms with Crippen molar-refractivity contribution in [2.24, 2.45) is 5.92 Å². The van der Waals surface area contributed by atoms with E-state index in [1.165, 1.54) is 31.8 Å². The number of rotatable bonds is 11. The predicted octanol–water partition coefficient (Wildman–Crippen LogP) is 4.14. The summed E-state index contributed by atoms with van der Waals surface area (Å²) in [5.41, 5.74) is 1.32. The molecule has 7 heteroatoms. The molecule has 0 spiro atoms. The normalized spacial score (nSPS) is 24.0. The van der Waals surface area contributed by atoms with Gasteiger partial charge in [0.05, 0.1) is 6.54 Å². The highest BCUT2D eigenvalue weighted by atomic mass is 19.1. The number of hydrogen-bond donors (Lipinski definition) is 2. The molecule has 2 atom stereocenters. The standard InChI is InChI=1S/C26H45FN4O2/c1-6-9-21(10-7-2)18-30-13-14-31(17-19(30)4)20(5)24(27)15-22(8-3)29-25-12-11-23(32)16-28-26(25)33/h15,19,21,25,29H,6-14,16-18H2,1-5H3,(H,28,33)/b22-15+,24-20-. The number of ketones is 1. The zero-order valence-electron chi connectivity index (χ0n) is 21.4. The molecule has 0 bridgehead atoms. The van der Waals surface area contributed by atoms with E-state index in [1.54, 1.807) is 0 Å². The van der Waals surface area contributed by atoms with Crippen LogP contribution in [0.1, 0.15) is 79.6 Å². The van der Waals surface area contributed by atoms with Gasteiger partial charge >= 0.3 is 0 Å². The lowest BCUT2D eigenvalue weighted by molar-refractivity contribution is -0.124. The van der Waals surface area contributed by atoms with Crippen LogP contribution < -0.4 is 10.6 Å². The number of Topliss-reactive ketones (excluding diaryl/α,β-unsaturated/α-hetero) is 1. The molecular formula is C26H45FN4O2. The highest BCUT2D eigenvalue weighted by Crippen LogP contribution is 2.23. The molecule has 2 aliphatic heterocycles. The van der Waals surface area contributed by atoms with Crippen LogP contribution in [0.2, 0.25) is 0 Å². The molecule has 33 heavy (non-hydrogen) atoms.